The van der Waals surface area contributed by atoms with E-state index in [0.717, 1.165) is 19.3 Å². The predicted molar refractivity (Wildman–Crippen MR) is 41.6 cm³/mol. The van der Waals surface area contributed by atoms with Gasteiger partial charge in [0.15, 0.2) is 0 Å². The summed E-state index contributed by atoms with van der Waals surface area (Å²) in [6.07, 6.45) is 3.08. The number of hydrogen-bond donors (Lipinski definition) is 0. The first-order valence-corrected chi connectivity index (χ1v) is 3.74. The standard InChI is InChI=1S/C6H15N3O2/c1-3-4-5-6-8(2)9(11)7-10/h10H,3-6H2,1-2H3/p-1/b9-7-. The second-order valence-corrected chi connectivity index (χ2v) is 2.42. The van der Waals surface area contributed by atoms with E-state index in [1.54, 1.807) is 7.05 Å². The highest BCUT2D eigenvalue weighted by atomic mass is 16.6. The van der Waals surface area contributed by atoms with Gasteiger partial charge in [0.1, 0.15) is 0 Å². The first-order chi connectivity index (χ1) is 5.22. The van der Waals surface area contributed by atoms with Crippen molar-refractivity contribution < 1.29 is 4.97 Å². The van der Waals surface area contributed by atoms with Crippen LogP contribution in [-0.2, 0) is 0 Å². The molecule has 66 valence electrons. The Morgan fingerprint density at radius 2 is 2.09 bits per heavy atom. The molecule has 0 bridgehead atoms. The Kier molecular flexibility index (Phi) is 5.24. The van der Waals surface area contributed by atoms with E-state index in [4.69, 9.17) is 0 Å². The molecular weight excluding hydrogens is 146 g/mol. The van der Waals surface area contributed by atoms with Crippen LogP contribution in [0.15, 0.2) is 5.28 Å². The smallest absolute Gasteiger partial charge is 0.0764 e. The highest BCUT2D eigenvalue weighted by Crippen LogP contribution is 1.96. The maximum absolute atomic E-state index is 10.5. The summed E-state index contributed by atoms with van der Waals surface area (Å²) >= 11 is 0. The molecule has 0 unspecified atom stereocenters. The molecule has 0 saturated heterocycles. The van der Waals surface area contributed by atoms with Crippen molar-refractivity contribution in [2.24, 2.45) is 5.28 Å². The molecule has 5 heteroatoms. The third kappa shape index (κ3) is 4.41. The van der Waals surface area contributed by atoms with E-state index in [0.29, 0.717) is 6.54 Å². The van der Waals surface area contributed by atoms with Crippen LogP contribution in [0.25, 0.3) is 0 Å². The number of hydrazine groups is 1. The molecule has 0 aliphatic rings. The van der Waals surface area contributed by atoms with E-state index >= 15 is 0 Å². The molecule has 0 aliphatic carbocycles. The molecule has 0 atom stereocenters. The van der Waals surface area contributed by atoms with Crippen LogP contribution in [0.2, 0.25) is 0 Å². The van der Waals surface area contributed by atoms with Gasteiger partial charge >= 0.3 is 0 Å². The van der Waals surface area contributed by atoms with E-state index in [1.807, 2.05) is 0 Å². The molecular formula is C6H14N3O2-. The highest BCUT2D eigenvalue weighted by Gasteiger charge is 2.01. The topological polar surface area (TPSA) is 64.7 Å². The van der Waals surface area contributed by atoms with Gasteiger partial charge in [-0.3, -0.25) is 0 Å². The number of nitrogens with zero attached hydrogens (tertiary/aromatic N) is 3. The van der Waals surface area contributed by atoms with E-state index < -0.39 is 0 Å². The van der Waals surface area contributed by atoms with E-state index in [9.17, 15) is 10.4 Å². The van der Waals surface area contributed by atoms with Crippen LogP contribution in [0.3, 0.4) is 0 Å². The first kappa shape index (κ1) is 10.0. The van der Waals surface area contributed by atoms with Gasteiger partial charge in [-0.05, 0) is 11.7 Å². The summed E-state index contributed by atoms with van der Waals surface area (Å²) in [5.41, 5.74) is 0. The maximum atomic E-state index is 10.5. The van der Waals surface area contributed by atoms with Gasteiger partial charge < -0.3 is 10.4 Å². The zero-order valence-electron chi connectivity index (χ0n) is 6.99. The van der Waals surface area contributed by atoms with Gasteiger partial charge in [-0.15, -0.1) is 0 Å². The predicted octanol–water partition coefficient (Wildman–Crippen LogP) is 1.48. The fraction of sp³-hybridized carbons (Fsp3) is 1.00. The quantitative estimate of drug-likeness (QED) is 0.265. The zero-order valence-corrected chi connectivity index (χ0v) is 6.99. The Balaban J connectivity index is 3.44. The molecule has 0 saturated carbocycles. The van der Waals surface area contributed by atoms with E-state index in [-0.39, 0.29) is 4.97 Å². The number of hydrogen-bond acceptors (Lipinski definition) is 3. The number of rotatable bonds is 5. The molecule has 0 aromatic heterocycles. The van der Waals surface area contributed by atoms with Crippen molar-refractivity contribution in [3.63, 3.8) is 0 Å². The second kappa shape index (κ2) is 5.76. The van der Waals surface area contributed by atoms with Crippen molar-refractivity contribution in [2.75, 3.05) is 13.6 Å². The Morgan fingerprint density at radius 1 is 1.45 bits per heavy atom. The Bertz CT molecular complexity index is 127. The molecule has 0 fully saturated rings. The Morgan fingerprint density at radius 3 is 2.55 bits per heavy atom. The van der Waals surface area contributed by atoms with E-state index in [2.05, 4.69) is 12.2 Å². The normalized spacial score (nSPS) is 11.6. The SMILES string of the molecule is CCCCCN(C)/[N+]([O-])=N/[O-]. The van der Waals surface area contributed by atoms with Gasteiger partial charge in [-0.2, -0.15) is 5.01 Å². The summed E-state index contributed by atoms with van der Waals surface area (Å²) < 4.78 is 0. The fourth-order valence-corrected chi connectivity index (χ4v) is 0.739. The lowest BCUT2D eigenvalue weighted by Crippen LogP contribution is -2.26. The van der Waals surface area contributed by atoms with Crippen LogP contribution in [0.1, 0.15) is 26.2 Å². The van der Waals surface area contributed by atoms with Gasteiger partial charge in [0.25, 0.3) is 0 Å². The summed E-state index contributed by atoms with van der Waals surface area (Å²) in [5.74, 6) is 0. The lowest BCUT2D eigenvalue weighted by atomic mass is 10.2. The van der Waals surface area contributed by atoms with Crippen LogP contribution < -0.4 is 0 Å². The van der Waals surface area contributed by atoms with Crippen LogP contribution in [0.4, 0.5) is 0 Å². The van der Waals surface area contributed by atoms with Gasteiger partial charge in [-0.25, -0.2) is 0 Å². The minimum absolute atomic E-state index is 0.0651. The van der Waals surface area contributed by atoms with Crippen LogP contribution in [0, 0.1) is 10.4 Å². The monoisotopic (exact) mass is 160 g/mol. The average Bonchev–Trinajstić information content (AvgIpc) is 2.03. The van der Waals surface area contributed by atoms with Gasteiger partial charge in [0.2, 0.25) is 0 Å². The van der Waals surface area contributed by atoms with Crippen LogP contribution in [-0.4, -0.2) is 23.6 Å². The third-order valence-electron chi connectivity index (χ3n) is 1.45. The van der Waals surface area contributed by atoms with E-state index in [1.165, 1.54) is 5.01 Å². The average molecular weight is 160 g/mol. The largest absolute Gasteiger partial charge is 0.737 e. The zero-order chi connectivity index (χ0) is 8.69. The summed E-state index contributed by atoms with van der Waals surface area (Å²) in [6, 6.07) is 0. The van der Waals surface area contributed by atoms with Crippen molar-refractivity contribution in [3.8, 4) is 0 Å². The molecule has 0 N–H and O–H groups in total. The molecule has 5 nitrogen and oxygen atoms in total. The van der Waals surface area contributed by atoms with Gasteiger partial charge in [0.05, 0.1) is 13.6 Å². The van der Waals surface area contributed by atoms with Crippen molar-refractivity contribution in [3.05, 3.63) is 10.4 Å². The lowest BCUT2D eigenvalue weighted by Gasteiger charge is -2.13. The molecule has 0 aromatic carbocycles. The summed E-state index contributed by atoms with van der Waals surface area (Å²) in [6.45, 7) is 2.66. The van der Waals surface area contributed by atoms with Crippen molar-refractivity contribution in [2.45, 2.75) is 26.2 Å². The Labute approximate surface area is 66.4 Å². The molecule has 0 radical (unpaired) electrons. The van der Waals surface area contributed by atoms with Gasteiger partial charge in [-0.1, -0.05) is 19.8 Å². The second-order valence-electron chi connectivity index (χ2n) is 2.42. The summed E-state index contributed by atoms with van der Waals surface area (Å²) in [4.78, 5) is 0.0651. The molecule has 11 heavy (non-hydrogen) atoms. The minimum atomic E-state index is 0.0651. The summed E-state index contributed by atoms with van der Waals surface area (Å²) in [7, 11) is 1.55. The molecule has 0 amide bonds. The molecule has 0 spiro atoms. The molecule has 0 aromatic rings. The van der Waals surface area contributed by atoms with Crippen LogP contribution >= 0.6 is 0 Å². The van der Waals surface area contributed by atoms with Crippen molar-refractivity contribution in [1.82, 2.24) is 5.01 Å². The van der Waals surface area contributed by atoms with Crippen molar-refractivity contribution >= 4 is 0 Å². The van der Waals surface area contributed by atoms with Gasteiger partial charge in [0, 0.05) is 4.97 Å². The van der Waals surface area contributed by atoms with Crippen LogP contribution in [0.5, 0.6) is 0 Å². The van der Waals surface area contributed by atoms with Crippen molar-refractivity contribution in [1.29, 1.82) is 0 Å². The minimum Gasteiger partial charge on any atom is -0.737 e. The molecule has 0 aliphatic heterocycles. The Hall–Kier alpha value is -1.00. The molecule has 0 rings (SSSR count). The highest BCUT2D eigenvalue weighted by molar-refractivity contribution is 4.39. The first-order valence-electron chi connectivity index (χ1n) is 3.74. The summed E-state index contributed by atoms with van der Waals surface area (Å²) in [5, 5.41) is 23.6. The fourth-order valence-electron chi connectivity index (χ4n) is 0.739. The number of unbranched alkanes of at least 4 members (excludes halogenated alkanes) is 2. The third-order valence-corrected chi connectivity index (χ3v) is 1.45. The molecule has 0 heterocycles. The maximum Gasteiger partial charge on any atom is 0.0764 e. The lowest BCUT2D eigenvalue weighted by molar-refractivity contribution is -0.684.